The van der Waals surface area contributed by atoms with Crippen molar-refractivity contribution in [3.05, 3.63) is 364 Å². The summed E-state index contributed by atoms with van der Waals surface area (Å²) in [6.45, 7) is -0.350. The lowest BCUT2D eigenvalue weighted by molar-refractivity contribution is 0.487. The van der Waals surface area contributed by atoms with Crippen molar-refractivity contribution in [2.45, 2.75) is 9.79 Å². The Bertz CT molecular complexity index is 5440. The van der Waals surface area contributed by atoms with Crippen LogP contribution in [0.15, 0.2) is 374 Å². The molecular weight excluding hydrogens is 1210 g/mol. The van der Waals surface area contributed by atoms with Crippen LogP contribution in [0.3, 0.4) is 0 Å². The Labute approximate surface area is 576 Å². The Morgan fingerprint density at radius 3 is 1.39 bits per heavy atom. The highest BCUT2D eigenvalue weighted by Gasteiger charge is 2.48. The van der Waals surface area contributed by atoms with Crippen LogP contribution in [0, 0.1) is 0 Å². The molecule has 0 saturated heterocycles. The van der Waals surface area contributed by atoms with Crippen LogP contribution in [0.2, 0.25) is 0 Å². The molecule has 0 saturated carbocycles. The van der Waals surface area contributed by atoms with Gasteiger partial charge in [-0.2, -0.15) is 0 Å². The van der Waals surface area contributed by atoms with Gasteiger partial charge in [0, 0.05) is 83.7 Å². The van der Waals surface area contributed by atoms with E-state index in [-0.39, 0.29) is 13.4 Å². The van der Waals surface area contributed by atoms with E-state index in [1.54, 1.807) is 0 Å². The summed E-state index contributed by atoms with van der Waals surface area (Å²) in [4.78, 5) is 12.4. The zero-order chi connectivity index (χ0) is 64.6. The van der Waals surface area contributed by atoms with E-state index < -0.39 is 0 Å². The first-order valence-corrected chi connectivity index (χ1v) is 34.4. The lowest BCUT2D eigenvalue weighted by Gasteiger charge is -2.44. The largest absolute Gasteiger partial charge is 0.458 e. The number of anilines is 12. The third kappa shape index (κ3) is 9.58. The van der Waals surface area contributed by atoms with Gasteiger partial charge in [0.05, 0.1) is 17.1 Å². The molecule has 98 heavy (non-hydrogen) atoms. The predicted molar refractivity (Wildman–Crippen MR) is 413 cm³/mol. The minimum atomic E-state index is -0.207. The van der Waals surface area contributed by atoms with Gasteiger partial charge in [-0.3, -0.25) is 0 Å². The number of hydrogen-bond acceptors (Lipinski definition) is 6. The Kier molecular flexibility index (Phi) is 14.0. The van der Waals surface area contributed by atoms with Crippen LogP contribution >= 0.6 is 11.8 Å². The van der Waals surface area contributed by atoms with E-state index in [1.165, 1.54) is 37.2 Å². The Morgan fingerprint density at radius 1 is 0.265 bits per heavy atom. The molecule has 19 rings (SSSR count). The first-order valence-electron chi connectivity index (χ1n) is 33.6. The number of hydrogen-bond donors (Lipinski definition) is 0. The summed E-state index contributed by atoms with van der Waals surface area (Å²) in [5.74, 6) is 1.68. The number of benzene rings is 15. The predicted octanol–water partition coefficient (Wildman–Crippen LogP) is 20.5. The Balaban J connectivity index is 0.901. The number of nitrogens with zero attached hydrogens (tertiary/aromatic N) is 4. The van der Waals surface area contributed by atoms with Crippen LogP contribution in [0.25, 0.3) is 44.5 Å². The quantitative estimate of drug-likeness (QED) is 0.113. The second kappa shape index (κ2) is 23.9. The molecule has 0 radical (unpaired) electrons. The molecule has 0 atom stereocenters. The smallest absolute Gasteiger partial charge is 0.256 e. The fourth-order valence-electron chi connectivity index (χ4n) is 15.7. The molecule has 0 spiro atoms. The van der Waals surface area contributed by atoms with Crippen LogP contribution < -0.4 is 57.1 Å². The molecular formula is C90H60B2N4OS. The molecule has 15 aromatic rings. The van der Waals surface area contributed by atoms with Crippen molar-refractivity contribution in [1.29, 1.82) is 0 Å². The van der Waals surface area contributed by atoms with Crippen molar-refractivity contribution in [1.82, 2.24) is 0 Å². The molecule has 8 heteroatoms. The molecule has 0 amide bonds. The molecule has 4 heterocycles. The highest BCUT2D eigenvalue weighted by molar-refractivity contribution is 8.00. The van der Waals surface area contributed by atoms with E-state index in [9.17, 15) is 0 Å². The van der Waals surface area contributed by atoms with Gasteiger partial charge < -0.3 is 24.3 Å². The van der Waals surface area contributed by atoms with Gasteiger partial charge >= 0.3 is 0 Å². The van der Waals surface area contributed by atoms with Crippen molar-refractivity contribution in [2.24, 2.45) is 0 Å². The molecule has 0 unspecified atom stereocenters. The number of ether oxygens (including phenoxy) is 1. The van der Waals surface area contributed by atoms with Crippen molar-refractivity contribution in [3.63, 3.8) is 0 Å². The van der Waals surface area contributed by atoms with Gasteiger partial charge in [0.2, 0.25) is 6.71 Å². The summed E-state index contributed by atoms with van der Waals surface area (Å²) in [6.07, 6.45) is 0. The molecule has 458 valence electrons. The van der Waals surface area contributed by atoms with Crippen LogP contribution in [0.5, 0.6) is 11.5 Å². The first kappa shape index (κ1) is 57.2. The van der Waals surface area contributed by atoms with E-state index in [0.29, 0.717) is 0 Å². The third-order valence-electron chi connectivity index (χ3n) is 19.9. The van der Waals surface area contributed by atoms with Gasteiger partial charge in [-0.05, 0) is 146 Å². The maximum absolute atomic E-state index is 7.43. The molecule has 4 aliphatic heterocycles. The third-order valence-corrected chi connectivity index (χ3v) is 21.0. The van der Waals surface area contributed by atoms with E-state index in [1.807, 2.05) is 11.8 Å². The molecule has 0 aliphatic carbocycles. The van der Waals surface area contributed by atoms with Gasteiger partial charge in [-0.25, -0.2) is 0 Å². The number of para-hydroxylation sites is 7. The van der Waals surface area contributed by atoms with Gasteiger partial charge in [-0.1, -0.05) is 284 Å². The van der Waals surface area contributed by atoms with Crippen molar-refractivity contribution >= 4 is 126 Å². The van der Waals surface area contributed by atoms with Crippen molar-refractivity contribution < 1.29 is 4.74 Å². The average Bonchev–Trinajstić information content (AvgIpc) is 0.695. The van der Waals surface area contributed by atoms with Gasteiger partial charge in [0.25, 0.3) is 6.71 Å². The number of fused-ring (bicyclic) bond motifs is 8. The second-order valence-corrected chi connectivity index (χ2v) is 26.5. The Morgan fingerprint density at radius 2 is 0.745 bits per heavy atom. The molecule has 15 aromatic carbocycles. The van der Waals surface area contributed by atoms with Crippen LogP contribution in [0.1, 0.15) is 0 Å². The standard InChI is InChI=1S/C90H60B2N4OS/c1-8-29-61(30-9-1)62-51-53-69(54-52-62)94(79-48-25-22-43-72(79)63-31-10-2-11-32-63)71-56-83-89-87(58-71)98-86-60-81-77(59-78(86)91(89)75-46-23-26-49-80(75)95(83)68-41-20-7-21-42-68)92-76-47-24-27-50-84(76)97-85-57-70(93(66-37-16-5-17-38-66)67-39-18-6-19-40-67)55-82(88(85)92)96(81)90-73(64-33-12-3-13-34-64)44-28-45-74(90)65-35-14-4-15-36-65/h1-60H. The fraction of sp³-hybridized carbons (Fsp3) is 0. The molecule has 0 bridgehead atoms. The normalized spacial score (nSPS) is 12.7. The van der Waals surface area contributed by atoms with E-state index in [0.717, 1.165) is 130 Å². The van der Waals surface area contributed by atoms with Crippen molar-refractivity contribution in [2.75, 3.05) is 19.6 Å². The van der Waals surface area contributed by atoms with Crippen LogP contribution in [-0.4, -0.2) is 13.4 Å². The number of rotatable bonds is 12. The highest BCUT2D eigenvalue weighted by Crippen LogP contribution is 2.54. The maximum atomic E-state index is 7.43. The van der Waals surface area contributed by atoms with Gasteiger partial charge in [-0.15, -0.1) is 0 Å². The SMILES string of the molecule is c1ccc(-c2ccc(N(c3cc4c5c(c3)N(c3ccccc3)c3ccccc3B5c3cc5c(cc3S4)N(c3c(-c4ccccc4)cccc3-c3ccccc3)c3cc(N(c4ccccc4)c4ccccc4)cc4c3B5c3ccccc3O4)c3ccccc3-c3ccccc3)cc2)cc1. The Hall–Kier alpha value is -12.2. The lowest BCUT2D eigenvalue weighted by atomic mass is 9.31. The van der Waals surface area contributed by atoms with Crippen LogP contribution in [-0.2, 0) is 0 Å². The fourth-order valence-corrected chi connectivity index (χ4v) is 16.9. The first-order chi connectivity index (χ1) is 48.6. The molecule has 0 fully saturated rings. The van der Waals surface area contributed by atoms with E-state index in [2.05, 4.69) is 384 Å². The van der Waals surface area contributed by atoms with Gasteiger partial charge in [0.15, 0.2) is 0 Å². The summed E-state index contributed by atoms with van der Waals surface area (Å²) in [5.41, 5.74) is 29.4. The molecule has 0 aromatic heterocycles. The van der Waals surface area contributed by atoms with Crippen LogP contribution in [0.4, 0.5) is 68.2 Å². The van der Waals surface area contributed by atoms with E-state index >= 15 is 0 Å². The summed E-state index contributed by atoms with van der Waals surface area (Å²) in [5, 5.41) is 0. The lowest BCUT2D eigenvalue weighted by Crippen LogP contribution is -2.63. The topological polar surface area (TPSA) is 22.2 Å². The van der Waals surface area contributed by atoms with Crippen molar-refractivity contribution in [3.8, 4) is 56.0 Å². The minimum Gasteiger partial charge on any atom is -0.458 e. The zero-order valence-electron chi connectivity index (χ0n) is 53.4. The highest BCUT2D eigenvalue weighted by atomic mass is 32.2. The summed E-state index contributed by atoms with van der Waals surface area (Å²) in [6, 6.07) is 134. The van der Waals surface area contributed by atoms with Gasteiger partial charge in [0.1, 0.15) is 11.5 Å². The molecule has 4 aliphatic rings. The molecule has 5 nitrogen and oxygen atoms in total. The zero-order valence-corrected chi connectivity index (χ0v) is 54.2. The monoisotopic (exact) mass is 1270 g/mol. The second-order valence-electron chi connectivity index (χ2n) is 25.4. The summed E-state index contributed by atoms with van der Waals surface area (Å²) in [7, 11) is 0. The maximum Gasteiger partial charge on any atom is 0.256 e. The average molecular weight is 1270 g/mol. The summed E-state index contributed by atoms with van der Waals surface area (Å²) >= 11 is 1.90. The molecule has 0 N–H and O–H groups in total. The van der Waals surface area contributed by atoms with E-state index in [4.69, 9.17) is 4.74 Å². The minimum absolute atomic E-state index is 0.143. The summed E-state index contributed by atoms with van der Waals surface area (Å²) < 4.78 is 7.43.